The van der Waals surface area contributed by atoms with Gasteiger partial charge in [-0.2, -0.15) is 8.78 Å². The maximum absolute atomic E-state index is 12.1. The average molecular weight is 246 g/mol. The van der Waals surface area contributed by atoms with E-state index in [4.69, 9.17) is 11.5 Å². The first-order valence-corrected chi connectivity index (χ1v) is 4.64. The molecular formula is C10H12F2N2O3. The molecule has 0 saturated heterocycles. The Hall–Kier alpha value is -2.05. The number of methoxy groups -OCH3 is 1. The topological polar surface area (TPSA) is 87.6 Å². The fourth-order valence-corrected chi connectivity index (χ4v) is 1.27. The highest BCUT2D eigenvalue weighted by Gasteiger charge is 2.16. The van der Waals surface area contributed by atoms with Gasteiger partial charge in [0.05, 0.1) is 19.2 Å². The summed E-state index contributed by atoms with van der Waals surface area (Å²) in [6, 6.07) is 2.56. The van der Waals surface area contributed by atoms with Crippen molar-refractivity contribution in [2.75, 3.05) is 18.6 Å². The van der Waals surface area contributed by atoms with Crippen molar-refractivity contribution in [1.82, 2.24) is 0 Å². The van der Waals surface area contributed by atoms with Gasteiger partial charge >= 0.3 is 12.6 Å². The molecular weight excluding hydrogens is 234 g/mol. The van der Waals surface area contributed by atoms with E-state index in [0.29, 0.717) is 0 Å². The summed E-state index contributed by atoms with van der Waals surface area (Å²) in [5.41, 5.74) is 11.5. The largest absolute Gasteiger partial charge is 0.469 e. The van der Waals surface area contributed by atoms with Crippen LogP contribution in [0.1, 0.15) is 5.56 Å². The molecule has 1 rings (SSSR count). The van der Waals surface area contributed by atoms with Gasteiger partial charge in [-0.3, -0.25) is 4.79 Å². The lowest BCUT2D eigenvalue weighted by Gasteiger charge is -2.13. The first-order valence-electron chi connectivity index (χ1n) is 4.64. The van der Waals surface area contributed by atoms with Crippen molar-refractivity contribution in [2.24, 2.45) is 0 Å². The zero-order chi connectivity index (χ0) is 13.0. The Kier molecular flexibility index (Phi) is 4.08. The summed E-state index contributed by atoms with van der Waals surface area (Å²) >= 11 is 0. The molecule has 0 spiro atoms. The molecule has 0 aromatic heterocycles. The van der Waals surface area contributed by atoms with E-state index in [-0.39, 0.29) is 29.1 Å². The van der Waals surface area contributed by atoms with Crippen LogP contribution < -0.4 is 16.2 Å². The summed E-state index contributed by atoms with van der Waals surface area (Å²) in [5, 5.41) is 0. The minimum Gasteiger partial charge on any atom is -0.469 e. The Labute approximate surface area is 96.3 Å². The lowest BCUT2D eigenvalue weighted by molar-refractivity contribution is -0.139. The van der Waals surface area contributed by atoms with E-state index in [1.807, 2.05) is 0 Å². The van der Waals surface area contributed by atoms with Crippen LogP contribution in [0.15, 0.2) is 12.1 Å². The molecule has 7 heteroatoms. The molecule has 1 aromatic rings. The predicted octanol–water partition coefficient (Wildman–Crippen LogP) is 1.17. The molecule has 0 radical (unpaired) electrons. The first kappa shape index (κ1) is 13.0. The minimum atomic E-state index is -2.99. The molecule has 0 bridgehead atoms. The van der Waals surface area contributed by atoms with Crippen LogP contribution in [0.5, 0.6) is 5.75 Å². The number of nitrogens with two attached hydrogens (primary N) is 2. The minimum absolute atomic E-state index is 0.0873. The van der Waals surface area contributed by atoms with Gasteiger partial charge in [0.2, 0.25) is 0 Å². The summed E-state index contributed by atoms with van der Waals surface area (Å²) in [5.74, 6) is -0.786. The molecule has 0 unspecified atom stereocenters. The van der Waals surface area contributed by atoms with Gasteiger partial charge in [0, 0.05) is 11.3 Å². The number of alkyl halides is 2. The van der Waals surface area contributed by atoms with E-state index in [1.165, 1.54) is 19.2 Å². The van der Waals surface area contributed by atoms with Crippen molar-refractivity contribution >= 4 is 17.3 Å². The number of hydrogen-bond acceptors (Lipinski definition) is 5. The van der Waals surface area contributed by atoms with Crippen LogP contribution in [0.4, 0.5) is 20.2 Å². The Bertz CT molecular complexity index is 424. The monoisotopic (exact) mass is 246 g/mol. The fourth-order valence-electron chi connectivity index (χ4n) is 1.27. The second-order valence-electron chi connectivity index (χ2n) is 3.18. The molecule has 4 N–H and O–H groups in total. The molecule has 5 nitrogen and oxygen atoms in total. The van der Waals surface area contributed by atoms with Crippen molar-refractivity contribution in [3.8, 4) is 5.75 Å². The molecule has 0 amide bonds. The third-order valence-electron chi connectivity index (χ3n) is 2.12. The average Bonchev–Trinajstić information content (AvgIpc) is 2.27. The number of nitrogen functional groups attached to an aromatic ring is 2. The number of hydrogen-bond donors (Lipinski definition) is 2. The summed E-state index contributed by atoms with van der Waals surface area (Å²) in [6.07, 6.45) is -0.200. The summed E-state index contributed by atoms with van der Waals surface area (Å²) < 4.78 is 32.8. The molecule has 0 aliphatic rings. The molecule has 0 heterocycles. The summed E-state index contributed by atoms with van der Waals surface area (Å²) in [4.78, 5) is 11.1. The number of ether oxygens (including phenoxy) is 2. The smallest absolute Gasteiger partial charge is 0.387 e. The summed E-state index contributed by atoms with van der Waals surface area (Å²) in [6.45, 7) is -2.99. The van der Waals surface area contributed by atoms with Crippen molar-refractivity contribution in [1.29, 1.82) is 0 Å². The number of anilines is 2. The van der Waals surface area contributed by atoms with Crippen LogP contribution in [0.2, 0.25) is 0 Å². The highest BCUT2D eigenvalue weighted by Crippen LogP contribution is 2.31. The number of benzene rings is 1. The molecule has 0 fully saturated rings. The van der Waals surface area contributed by atoms with Crippen molar-refractivity contribution < 1.29 is 23.0 Å². The fraction of sp³-hybridized carbons (Fsp3) is 0.300. The molecule has 0 saturated carbocycles. The van der Waals surface area contributed by atoms with Crippen LogP contribution in [0.25, 0.3) is 0 Å². The van der Waals surface area contributed by atoms with Gasteiger partial charge in [0.15, 0.2) is 0 Å². The SMILES string of the molecule is COC(=O)Cc1c(N)ccc(OC(F)F)c1N. The summed E-state index contributed by atoms with van der Waals surface area (Å²) in [7, 11) is 1.20. The quantitative estimate of drug-likeness (QED) is 0.615. The Morgan fingerprint density at radius 1 is 1.41 bits per heavy atom. The maximum Gasteiger partial charge on any atom is 0.387 e. The third kappa shape index (κ3) is 3.20. The van der Waals surface area contributed by atoms with Crippen LogP contribution in [-0.2, 0) is 16.0 Å². The van der Waals surface area contributed by atoms with E-state index in [1.54, 1.807) is 0 Å². The second-order valence-corrected chi connectivity index (χ2v) is 3.18. The zero-order valence-electron chi connectivity index (χ0n) is 9.07. The van der Waals surface area contributed by atoms with Gasteiger partial charge in [0.25, 0.3) is 0 Å². The number of rotatable bonds is 4. The maximum atomic E-state index is 12.1. The normalized spacial score (nSPS) is 10.4. The van der Waals surface area contributed by atoms with Gasteiger partial charge in [-0.25, -0.2) is 0 Å². The Balaban J connectivity index is 3.06. The second kappa shape index (κ2) is 5.33. The van der Waals surface area contributed by atoms with Gasteiger partial charge < -0.3 is 20.9 Å². The van der Waals surface area contributed by atoms with Crippen molar-refractivity contribution in [3.63, 3.8) is 0 Å². The Morgan fingerprint density at radius 2 is 2.06 bits per heavy atom. The van der Waals surface area contributed by atoms with E-state index in [9.17, 15) is 13.6 Å². The lowest BCUT2D eigenvalue weighted by Crippen LogP contribution is -2.12. The molecule has 1 aromatic carbocycles. The predicted molar refractivity (Wildman–Crippen MR) is 57.6 cm³/mol. The van der Waals surface area contributed by atoms with E-state index >= 15 is 0 Å². The molecule has 17 heavy (non-hydrogen) atoms. The third-order valence-corrected chi connectivity index (χ3v) is 2.12. The zero-order valence-corrected chi connectivity index (χ0v) is 9.07. The van der Waals surface area contributed by atoms with Gasteiger partial charge in [-0.05, 0) is 12.1 Å². The Morgan fingerprint density at radius 3 is 2.59 bits per heavy atom. The van der Waals surface area contributed by atoms with E-state index in [2.05, 4.69) is 9.47 Å². The van der Waals surface area contributed by atoms with Gasteiger partial charge in [-0.15, -0.1) is 0 Å². The van der Waals surface area contributed by atoms with Crippen LogP contribution in [-0.4, -0.2) is 19.7 Å². The van der Waals surface area contributed by atoms with Gasteiger partial charge in [-0.1, -0.05) is 0 Å². The van der Waals surface area contributed by atoms with Crippen LogP contribution in [0.3, 0.4) is 0 Å². The molecule has 0 atom stereocenters. The molecule has 94 valence electrons. The number of esters is 1. The number of halogens is 2. The first-order chi connectivity index (χ1) is 7.95. The van der Waals surface area contributed by atoms with Crippen LogP contribution in [0, 0.1) is 0 Å². The van der Waals surface area contributed by atoms with Gasteiger partial charge in [0.1, 0.15) is 5.75 Å². The highest BCUT2D eigenvalue weighted by molar-refractivity contribution is 5.80. The lowest BCUT2D eigenvalue weighted by atomic mass is 10.1. The number of carbonyl (C=O) groups is 1. The van der Waals surface area contributed by atoms with Crippen molar-refractivity contribution in [2.45, 2.75) is 13.0 Å². The molecule has 0 aliphatic heterocycles. The van der Waals surface area contributed by atoms with Crippen molar-refractivity contribution in [3.05, 3.63) is 17.7 Å². The van der Waals surface area contributed by atoms with E-state index in [0.717, 1.165) is 0 Å². The van der Waals surface area contributed by atoms with Crippen LogP contribution >= 0.6 is 0 Å². The number of carbonyl (C=O) groups excluding carboxylic acids is 1. The highest BCUT2D eigenvalue weighted by atomic mass is 19.3. The molecule has 0 aliphatic carbocycles. The standard InChI is InChI=1S/C10H12F2N2O3/c1-16-8(15)4-5-6(13)2-3-7(9(5)14)17-10(11)12/h2-3,10H,4,13-14H2,1H3. The van der Waals surface area contributed by atoms with E-state index < -0.39 is 12.6 Å².